The Morgan fingerprint density at radius 3 is 2.58 bits per heavy atom. The van der Waals surface area contributed by atoms with Gasteiger partial charge in [0.1, 0.15) is 0 Å². The molecule has 0 amide bonds. The molecule has 0 radical (unpaired) electrons. The maximum Gasteiger partial charge on any atom is 0.180 e. The first-order valence-electron chi connectivity index (χ1n) is 4.01. The van der Waals surface area contributed by atoms with Crippen molar-refractivity contribution in [3.8, 4) is 0 Å². The fourth-order valence-corrected chi connectivity index (χ4v) is 1.03. The Hall–Kier alpha value is -0.970. The van der Waals surface area contributed by atoms with Crippen molar-refractivity contribution in [2.24, 2.45) is 12.8 Å². The summed E-state index contributed by atoms with van der Waals surface area (Å²) < 4.78 is 0. The molecule has 12 heavy (non-hydrogen) atoms. The summed E-state index contributed by atoms with van der Waals surface area (Å²) >= 11 is 0. The maximum absolute atomic E-state index is 5.48. The van der Waals surface area contributed by atoms with E-state index in [1.807, 2.05) is 0 Å². The van der Waals surface area contributed by atoms with Gasteiger partial charge in [-0.15, -0.1) is 10.2 Å². The molecule has 0 atom stereocenters. The lowest BCUT2D eigenvalue weighted by Gasteiger charge is -2.18. The molecule has 0 fully saturated rings. The second kappa shape index (κ2) is 3.18. The largest absolute Gasteiger partial charge is 0.330 e. The first kappa shape index (κ1) is 9.12. The van der Waals surface area contributed by atoms with Crippen LogP contribution in [-0.4, -0.2) is 26.8 Å². The van der Waals surface area contributed by atoms with Gasteiger partial charge in [0.15, 0.2) is 5.82 Å². The first-order valence-corrected chi connectivity index (χ1v) is 4.01. The quantitative estimate of drug-likeness (QED) is 0.682. The fourth-order valence-electron chi connectivity index (χ4n) is 1.03. The highest BCUT2D eigenvalue weighted by Gasteiger charge is 2.24. The molecule has 5 heteroatoms. The maximum atomic E-state index is 5.48. The van der Waals surface area contributed by atoms with Crippen LogP contribution in [0.25, 0.3) is 0 Å². The smallest absolute Gasteiger partial charge is 0.180 e. The normalized spacial score (nSPS) is 12.0. The van der Waals surface area contributed by atoms with Crippen LogP contribution in [-0.2, 0) is 12.5 Å². The van der Waals surface area contributed by atoms with E-state index in [1.165, 1.54) is 4.80 Å². The summed E-state index contributed by atoms with van der Waals surface area (Å²) in [6, 6.07) is 0. The molecule has 5 nitrogen and oxygen atoms in total. The number of hydrogen-bond donors (Lipinski definition) is 1. The number of tetrazole rings is 1. The lowest BCUT2D eigenvalue weighted by atomic mass is 9.89. The zero-order chi connectivity index (χ0) is 9.19. The first-order chi connectivity index (χ1) is 5.56. The number of aryl methyl sites for hydroxylation is 1. The molecule has 0 saturated heterocycles. The monoisotopic (exact) mass is 169 g/mol. The summed E-state index contributed by atoms with van der Waals surface area (Å²) in [5, 5.41) is 11.9. The molecule has 0 aliphatic rings. The van der Waals surface area contributed by atoms with Crippen molar-refractivity contribution in [1.82, 2.24) is 20.2 Å². The third-order valence-corrected chi connectivity index (χ3v) is 1.88. The van der Waals surface area contributed by atoms with Gasteiger partial charge in [-0.1, -0.05) is 13.8 Å². The van der Waals surface area contributed by atoms with E-state index >= 15 is 0 Å². The molecule has 0 aromatic carbocycles. The van der Waals surface area contributed by atoms with Crippen molar-refractivity contribution in [3.63, 3.8) is 0 Å². The highest BCUT2D eigenvalue weighted by molar-refractivity contribution is 4.99. The van der Waals surface area contributed by atoms with E-state index in [0.717, 1.165) is 12.2 Å². The third kappa shape index (κ3) is 1.79. The highest BCUT2D eigenvalue weighted by atomic mass is 15.6. The van der Waals surface area contributed by atoms with Crippen molar-refractivity contribution in [2.75, 3.05) is 6.54 Å². The van der Waals surface area contributed by atoms with Crippen LogP contribution in [0.4, 0.5) is 0 Å². The molecule has 1 rings (SSSR count). The average molecular weight is 169 g/mol. The molecular weight excluding hydrogens is 154 g/mol. The second-order valence-electron chi connectivity index (χ2n) is 3.53. The van der Waals surface area contributed by atoms with Gasteiger partial charge in [-0.3, -0.25) is 0 Å². The summed E-state index contributed by atoms with van der Waals surface area (Å²) in [5.41, 5.74) is 5.41. The van der Waals surface area contributed by atoms with Crippen LogP contribution in [0.15, 0.2) is 0 Å². The van der Waals surface area contributed by atoms with E-state index in [2.05, 4.69) is 29.3 Å². The van der Waals surface area contributed by atoms with Gasteiger partial charge in [0.05, 0.1) is 7.05 Å². The molecule has 0 unspecified atom stereocenters. The van der Waals surface area contributed by atoms with Crippen molar-refractivity contribution in [1.29, 1.82) is 0 Å². The van der Waals surface area contributed by atoms with Crippen LogP contribution in [0.2, 0.25) is 0 Å². The molecule has 0 aliphatic heterocycles. The van der Waals surface area contributed by atoms with E-state index in [-0.39, 0.29) is 5.41 Å². The standard InChI is InChI=1S/C7H15N5/c1-7(2,4-5-8)6-9-11-12(3)10-6/h4-5,8H2,1-3H3. The van der Waals surface area contributed by atoms with Crippen molar-refractivity contribution < 1.29 is 0 Å². The lowest BCUT2D eigenvalue weighted by molar-refractivity contribution is 0.454. The summed E-state index contributed by atoms with van der Waals surface area (Å²) in [7, 11) is 1.76. The Kier molecular flexibility index (Phi) is 2.42. The van der Waals surface area contributed by atoms with E-state index in [0.29, 0.717) is 6.54 Å². The summed E-state index contributed by atoms with van der Waals surface area (Å²) in [4.78, 5) is 1.47. The van der Waals surface area contributed by atoms with Crippen LogP contribution in [0, 0.1) is 0 Å². The highest BCUT2D eigenvalue weighted by Crippen LogP contribution is 2.21. The van der Waals surface area contributed by atoms with Crippen LogP contribution < -0.4 is 5.73 Å². The van der Waals surface area contributed by atoms with Crippen LogP contribution in [0.5, 0.6) is 0 Å². The zero-order valence-electron chi connectivity index (χ0n) is 7.78. The Morgan fingerprint density at radius 2 is 2.17 bits per heavy atom. The van der Waals surface area contributed by atoms with E-state index in [4.69, 9.17) is 5.73 Å². The molecule has 2 N–H and O–H groups in total. The predicted octanol–water partition coefficient (Wildman–Crippen LogP) is -0.163. The second-order valence-corrected chi connectivity index (χ2v) is 3.53. The number of nitrogens with zero attached hydrogens (tertiary/aromatic N) is 4. The number of nitrogens with two attached hydrogens (primary N) is 1. The third-order valence-electron chi connectivity index (χ3n) is 1.88. The molecule has 0 aliphatic carbocycles. The molecule has 1 aromatic rings. The minimum absolute atomic E-state index is 0.0665. The van der Waals surface area contributed by atoms with Crippen molar-refractivity contribution in [2.45, 2.75) is 25.7 Å². The predicted molar refractivity (Wildman–Crippen MR) is 45.5 cm³/mol. The van der Waals surface area contributed by atoms with Gasteiger partial charge < -0.3 is 5.73 Å². The van der Waals surface area contributed by atoms with Crippen LogP contribution in [0.1, 0.15) is 26.1 Å². The Morgan fingerprint density at radius 1 is 1.50 bits per heavy atom. The number of aromatic nitrogens is 4. The Balaban J connectivity index is 2.81. The summed E-state index contributed by atoms with van der Waals surface area (Å²) in [5.74, 6) is 0.760. The lowest BCUT2D eigenvalue weighted by Crippen LogP contribution is -2.23. The molecule has 0 saturated carbocycles. The molecular formula is C7H15N5. The van der Waals surface area contributed by atoms with Crippen molar-refractivity contribution >= 4 is 0 Å². The van der Waals surface area contributed by atoms with Crippen LogP contribution in [0.3, 0.4) is 0 Å². The zero-order valence-corrected chi connectivity index (χ0v) is 7.78. The van der Waals surface area contributed by atoms with Gasteiger partial charge in [0, 0.05) is 5.41 Å². The van der Waals surface area contributed by atoms with Crippen LogP contribution >= 0.6 is 0 Å². The fraction of sp³-hybridized carbons (Fsp3) is 0.857. The summed E-state index contributed by atoms with van der Waals surface area (Å²) in [6.45, 7) is 4.78. The van der Waals surface area contributed by atoms with E-state index in [1.54, 1.807) is 7.05 Å². The Bertz CT molecular complexity index is 252. The Labute approximate surface area is 71.9 Å². The minimum Gasteiger partial charge on any atom is -0.330 e. The molecule has 0 bridgehead atoms. The van der Waals surface area contributed by atoms with Gasteiger partial charge in [0.2, 0.25) is 0 Å². The summed E-state index contributed by atoms with van der Waals surface area (Å²) in [6.07, 6.45) is 0.874. The topological polar surface area (TPSA) is 69.6 Å². The van der Waals surface area contributed by atoms with Gasteiger partial charge in [0.25, 0.3) is 0 Å². The van der Waals surface area contributed by atoms with E-state index in [9.17, 15) is 0 Å². The number of hydrogen-bond acceptors (Lipinski definition) is 4. The van der Waals surface area contributed by atoms with Gasteiger partial charge in [-0.25, -0.2) is 0 Å². The average Bonchev–Trinajstić information content (AvgIpc) is 2.36. The molecule has 68 valence electrons. The van der Waals surface area contributed by atoms with Gasteiger partial charge in [-0.2, -0.15) is 4.80 Å². The van der Waals surface area contributed by atoms with Gasteiger partial charge >= 0.3 is 0 Å². The SMILES string of the molecule is Cn1nnc(C(C)(C)CCN)n1. The minimum atomic E-state index is -0.0665. The molecule has 1 heterocycles. The van der Waals surface area contributed by atoms with E-state index < -0.39 is 0 Å². The molecule has 1 aromatic heterocycles. The van der Waals surface area contributed by atoms with Gasteiger partial charge in [-0.05, 0) is 18.2 Å². The number of rotatable bonds is 3. The van der Waals surface area contributed by atoms with Crippen molar-refractivity contribution in [3.05, 3.63) is 5.82 Å². The molecule has 0 spiro atoms.